The molecule has 1 amide bonds. The highest BCUT2D eigenvalue weighted by Crippen LogP contribution is 2.30. The van der Waals surface area contributed by atoms with Crippen LogP contribution in [0.5, 0.6) is 11.5 Å². The molecule has 1 aromatic heterocycles. The Morgan fingerprint density at radius 3 is 2.74 bits per heavy atom. The largest absolute Gasteiger partial charge is 0.456 e. The Bertz CT molecular complexity index is 1040. The Morgan fingerprint density at radius 1 is 1.30 bits per heavy atom. The first-order valence-corrected chi connectivity index (χ1v) is 10.2. The third kappa shape index (κ3) is 4.50. The van der Waals surface area contributed by atoms with Crippen LogP contribution in [-0.4, -0.2) is 21.4 Å². The van der Waals surface area contributed by atoms with Crippen LogP contribution in [0.3, 0.4) is 0 Å². The molecule has 3 rings (SSSR count). The molecule has 0 saturated carbocycles. The van der Waals surface area contributed by atoms with Gasteiger partial charge in [-0.15, -0.1) is 11.3 Å². The van der Waals surface area contributed by atoms with E-state index in [1.54, 1.807) is 6.07 Å². The molecular weight excluding hydrogens is 389 g/mol. The van der Waals surface area contributed by atoms with Gasteiger partial charge in [-0.1, -0.05) is 0 Å². The zero-order chi connectivity index (χ0) is 19.6. The number of amides is 1. The number of anilines is 2. The van der Waals surface area contributed by atoms with Gasteiger partial charge in [0.1, 0.15) is 17.3 Å². The zero-order valence-corrected chi connectivity index (χ0v) is 16.1. The molecule has 3 aromatic rings. The summed E-state index contributed by atoms with van der Waals surface area (Å²) >= 11 is 1.31. The van der Waals surface area contributed by atoms with Crippen molar-refractivity contribution in [1.82, 2.24) is 4.98 Å². The van der Waals surface area contributed by atoms with Gasteiger partial charge in [-0.05, 0) is 43.3 Å². The topological polar surface area (TPSA) is 94.3 Å². The van der Waals surface area contributed by atoms with Crippen LogP contribution >= 0.6 is 11.3 Å². The average molecular weight is 405 g/mol. The second-order valence-corrected chi connectivity index (χ2v) is 7.85. The highest BCUT2D eigenvalue weighted by atomic mass is 32.2. The Kier molecular flexibility index (Phi) is 5.52. The Morgan fingerprint density at radius 2 is 2.07 bits per heavy atom. The smallest absolute Gasteiger partial charge is 0.259 e. The van der Waals surface area contributed by atoms with E-state index in [-0.39, 0.29) is 21.9 Å². The molecule has 0 saturated heterocycles. The molecule has 0 fully saturated rings. The number of hydrogen-bond donors (Lipinski definition) is 2. The fraction of sp³-hybridized carbons (Fsp3) is 0.111. The molecule has 1 heterocycles. The minimum atomic E-state index is -1.44. The first-order chi connectivity index (χ1) is 12.8. The summed E-state index contributed by atoms with van der Waals surface area (Å²) in [6, 6.07) is 8.33. The van der Waals surface area contributed by atoms with Crippen LogP contribution in [0.1, 0.15) is 16.1 Å². The molecule has 0 aliphatic rings. The van der Waals surface area contributed by atoms with Crippen LogP contribution in [0, 0.1) is 12.7 Å². The molecular formula is C18H16FN3O3S2. The predicted molar refractivity (Wildman–Crippen MR) is 104 cm³/mol. The minimum absolute atomic E-state index is 0.210. The van der Waals surface area contributed by atoms with Crippen molar-refractivity contribution < 1.29 is 18.1 Å². The molecule has 6 nitrogen and oxygen atoms in total. The number of benzene rings is 2. The van der Waals surface area contributed by atoms with Gasteiger partial charge >= 0.3 is 0 Å². The number of hydrogen-bond acceptors (Lipinski definition) is 6. The molecule has 1 unspecified atom stereocenters. The summed E-state index contributed by atoms with van der Waals surface area (Å²) in [5, 5.41) is 4.96. The molecule has 27 heavy (non-hydrogen) atoms. The summed E-state index contributed by atoms with van der Waals surface area (Å²) in [6.07, 6.45) is 1.43. The number of aromatic nitrogens is 1. The summed E-state index contributed by atoms with van der Waals surface area (Å²) < 4.78 is 30.9. The van der Waals surface area contributed by atoms with Crippen molar-refractivity contribution in [2.45, 2.75) is 11.8 Å². The second kappa shape index (κ2) is 7.85. The number of ether oxygens (including phenoxy) is 1. The van der Waals surface area contributed by atoms with E-state index in [0.717, 1.165) is 11.8 Å². The second-order valence-electron chi connectivity index (χ2n) is 5.64. The van der Waals surface area contributed by atoms with Crippen LogP contribution in [0.4, 0.5) is 15.2 Å². The summed E-state index contributed by atoms with van der Waals surface area (Å²) in [5.41, 5.74) is 7.19. The zero-order valence-electron chi connectivity index (χ0n) is 14.5. The van der Waals surface area contributed by atoms with E-state index in [1.165, 1.54) is 41.9 Å². The Labute approximate surface area is 161 Å². The minimum Gasteiger partial charge on any atom is -0.456 e. The van der Waals surface area contributed by atoms with Gasteiger partial charge in [0.15, 0.2) is 5.13 Å². The Balaban J connectivity index is 1.87. The molecule has 0 spiro atoms. The molecule has 140 valence electrons. The van der Waals surface area contributed by atoms with E-state index in [4.69, 9.17) is 10.5 Å². The lowest BCUT2D eigenvalue weighted by molar-refractivity contribution is 0.102. The predicted octanol–water partition coefficient (Wildman–Crippen LogP) is 3.95. The number of carbonyl (C=O) groups excluding carboxylic acids is 1. The number of nitrogens with one attached hydrogen (secondary N) is 1. The number of rotatable bonds is 5. The standard InChI is InChI=1S/C18H16FN3O3S2/c1-10-9-26-18(21-10)22-17(23)13-8-12(4-5-14(13)20)25-15-6-3-11(19)7-16(15)27(2)24/h3-9H,20H2,1-2H3,(H,21,22,23). The molecule has 2 aromatic carbocycles. The number of nitrogens with two attached hydrogens (primary N) is 1. The van der Waals surface area contributed by atoms with Gasteiger partial charge in [0.05, 0.1) is 27.0 Å². The third-order valence-electron chi connectivity index (χ3n) is 3.55. The van der Waals surface area contributed by atoms with Crippen molar-refractivity contribution in [1.29, 1.82) is 0 Å². The number of carbonyl (C=O) groups is 1. The quantitative estimate of drug-likeness (QED) is 0.627. The lowest BCUT2D eigenvalue weighted by atomic mass is 10.1. The van der Waals surface area contributed by atoms with Crippen molar-refractivity contribution in [3.63, 3.8) is 0 Å². The van der Waals surface area contributed by atoms with E-state index in [2.05, 4.69) is 10.3 Å². The van der Waals surface area contributed by atoms with Crippen LogP contribution in [0.2, 0.25) is 0 Å². The van der Waals surface area contributed by atoms with E-state index in [0.29, 0.717) is 10.9 Å². The van der Waals surface area contributed by atoms with E-state index in [1.807, 2.05) is 12.3 Å². The van der Waals surface area contributed by atoms with E-state index < -0.39 is 22.5 Å². The maximum Gasteiger partial charge on any atom is 0.259 e. The summed E-state index contributed by atoms with van der Waals surface area (Å²) in [5.74, 6) is -0.388. The normalized spacial score (nSPS) is 11.8. The van der Waals surface area contributed by atoms with Gasteiger partial charge in [-0.2, -0.15) is 0 Å². The summed E-state index contributed by atoms with van der Waals surface area (Å²) in [4.78, 5) is 16.9. The van der Waals surface area contributed by atoms with Crippen LogP contribution in [-0.2, 0) is 10.8 Å². The van der Waals surface area contributed by atoms with E-state index in [9.17, 15) is 13.4 Å². The fourth-order valence-electron chi connectivity index (χ4n) is 2.29. The van der Waals surface area contributed by atoms with Gasteiger partial charge in [0.2, 0.25) is 0 Å². The van der Waals surface area contributed by atoms with Crippen molar-refractivity contribution in [2.75, 3.05) is 17.3 Å². The molecule has 0 aliphatic carbocycles. The summed E-state index contributed by atoms with van der Waals surface area (Å²) in [6.45, 7) is 1.83. The highest BCUT2D eigenvalue weighted by molar-refractivity contribution is 7.84. The lowest BCUT2D eigenvalue weighted by Gasteiger charge is -2.12. The monoisotopic (exact) mass is 405 g/mol. The maximum absolute atomic E-state index is 13.4. The van der Waals surface area contributed by atoms with E-state index >= 15 is 0 Å². The van der Waals surface area contributed by atoms with Crippen molar-refractivity contribution in [3.8, 4) is 11.5 Å². The van der Waals surface area contributed by atoms with Crippen molar-refractivity contribution >= 4 is 38.9 Å². The van der Waals surface area contributed by atoms with Gasteiger partial charge in [0.25, 0.3) is 5.91 Å². The Hall–Kier alpha value is -2.78. The number of halogens is 1. The number of aryl methyl sites for hydroxylation is 1. The van der Waals surface area contributed by atoms with Gasteiger partial charge in [0, 0.05) is 17.3 Å². The van der Waals surface area contributed by atoms with Gasteiger partial charge in [-0.25, -0.2) is 9.37 Å². The number of thiazole rings is 1. The molecule has 9 heteroatoms. The lowest BCUT2D eigenvalue weighted by Crippen LogP contribution is -2.14. The maximum atomic E-state index is 13.4. The van der Waals surface area contributed by atoms with Crippen molar-refractivity contribution in [3.05, 3.63) is 58.9 Å². The first-order valence-electron chi connectivity index (χ1n) is 7.77. The number of nitrogen functional groups attached to an aromatic ring is 1. The SMILES string of the molecule is Cc1csc(NC(=O)c2cc(Oc3ccc(F)cc3S(C)=O)ccc2N)n1. The third-order valence-corrected chi connectivity index (χ3v) is 5.37. The molecule has 0 aliphatic heterocycles. The van der Waals surface area contributed by atoms with Crippen LogP contribution in [0.25, 0.3) is 0 Å². The number of nitrogens with zero attached hydrogens (tertiary/aromatic N) is 1. The molecule has 0 radical (unpaired) electrons. The van der Waals surface area contributed by atoms with Crippen molar-refractivity contribution in [2.24, 2.45) is 0 Å². The molecule has 0 bridgehead atoms. The van der Waals surface area contributed by atoms with Crippen LogP contribution < -0.4 is 15.8 Å². The summed E-state index contributed by atoms with van der Waals surface area (Å²) in [7, 11) is -1.44. The van der Waals surface area contributed by atoms with Crippen LogP contribution in [0.15, 0.2) is 46.7 Å². The van der Waals surface area contributed by atoms with Gasteiger partial charge < -0.3 is 10.5 Å². The fourth-order valence-corrected chi connectivity index (χ4v) is 3.64. The first kappa shape index (κ1) is 19.0. The van der Waals surface area contributed by atoms with Gasteiger partial charge in [-0.3, -0.25) is 14.3 Å². The molecule has 3 N–H and O–H groups in total. The highest BCUT2D eigenvalue weighted by Gasteiger charge is 2.15. The molecule has 1 atom stereocenters. The average Bonchev–Trinajstić information content (AvgIpc) is 3.02.